The van der Waals surface area contributed by atoms with Gasteiger partial charge in [0.1, 0.15) is 12.2 Å². The lowest BCUT2D eigenvalue weighted by Crippen LogP contribution is -2.42. The zero-order valence-corrected chi connectivity index (χ0v) is 18.5. The first kappa shape index (κ1) is 22.4. The molecule has 0 aliphatic carbocycles. The molecule has 4 rings (SSSR count). The Labute approximate surface area is 190 Å². The van der Waals surface area contributed by atoms with Gasteiger partial charge in [0, 0.05) is 6.54 Å². The van der Waals surface area contributed by atoms with Gasteiger partial charge in [-0.3, -0.25) is 25.0 Å². The van der Waals surface area contributed by atoms with Gasteiger partial charge in [0.05, 0.1) is 11.2 Å². The van der Waals surface area contributed by atoms with Gasteiger partial charge in [0.25, 0.3) is 11.8 Å². The van der Waals surface area contributed by atoms with Crippen molar-refractivity contribution in [3.63, 3.8) is 0 Å². The molecule has 3 aromatic rings. The van der Waals surface area contributed by atoms with Crippen LogP contribution in [0.5, 0.6) is 0 Å². The number of aryl methyl sites for hydroxylation is 1. The molecule has 1 saturated heterocycles. The molecule has 1 aliphatic rings. The number of aromatic nitrogens is 4. The average molecular weight is 482 g/mol. The standard InChI is InChI=1S/C18H20ClN7O5S/c1-3-20-15(29)11-9(27)10(28)17(31-11)26-6-21-8-13(22-18(19)23-14(8)26)24-25-16(30)12-7(2)4-5-32-12/h4-6,9-11,17,27-28H,3H2,1-2H3,(H,20,29)(H,25,30)(H,22,23,24)/t9-,10+,11-,17+/m0/s1. The van der Waals surface area contributed by atoms with Crippen LogP contribution in [0.25, 0.3) is 11.2 Å². The highest BCUT2D eigenvalue weighted by atomic mass is 35.5. The molecule has 1 fully saturated rings. The zero-order valence-electron chi connectivity index (χ0n) is 16.9. The van der Waals surface area contributed by atoms with Gasteiger partial charge in [-0.1, -0.05) is 0 Å². The number of carbonyl (C=O) groups is 2. The van der Waals surface area contributed by atoms with Crippen molar-refractivity contribution in [3.05, 3.63) is 33.5 Å². The summed E-state index contributed by atoms with van der Waals surface area (Å²) in [5.41, 5.74) is 6.46. The van der Waals surface area contributed by atoms with E-state index in [1.165, 1.54) is 22.2 Å². The third-order valence-electron chi connectivity index (χ3n) is 4.88. The van der Waals surface area contributed by atoms with Crippen LogP contribution in [0.4, 0.5) is 5.82 Å². The third kappa shape index (κ3) is 4.00. The Kier molecular flexibility index (Phi) is 6.26. The first-order valence-electron chi connectivity index (χ1n) is 9.61. The molecular weight excluding hydrogens is 462 g/mol. The van der Waals surface area contributed by atoms with Gasteiger partial charge < -0.3 is 20.3 Å². The molecule has 4 atom stereocenters. The lowest BCUT2D eigenvalue weighted by atomic mass is 10.1. The molecule has 0 spiro atoms. The number of ether oxygens (including phenoxy) is 1. The van der Waals surface area contributed by atoms with Crippen molar-refractivity contribution in [2.24, 2.45) is 0 Å². The average Bonchev–Trinajstić information content (AvgIpc) is 3.44. The topological polar surface area (TPSA) is 164 Å². The predicted molar refractivity (Wildman–Crippen MR) is 115 cm³/mol. The molecule has 32 heavy (non-hydrogen) atoms. The summed E-state index contributed by atoms with van der Waals surface area (Å²) in [5.74, 6) is -0.788. The molecule has 0 radical (unpaired) electrons. The number of imidazole rings is 1. The monoisotopic (exact) mass is 481 g/mol. The van der Waals surface area contributed by atoms with E-state index in [0.717, 1.165) is 5.56 Å². The largest absolute Gasteiger partial charge is 0.387 e. The maximum atomic E-state index is 12.4. The van der Waals surface area contributed by atoms with Crippen molar-refractivity contribution >= 4 is 51.7 Å². The normalized spacial score (nSPS) is 22.8. The molecule has 0 saturated carbocycles. The number of hydrogen-bond donors (Lipinski definition) is 5. The minimum atomic E-state index is -1.45. The molecule has 0 aromatic carbocycles. The summed E-state index contributed by atoms with van der Waals surface area (Å²) in [6.07, 6.45) is -3.98. The number of nitrogens with one attached hydrogen (secondary N) is 3. The number of hydrogen-bond acceptors (Lipinski definition) is 10. The van der Waals surface area contributed by atoms with E-state index in [9.17, 15) is 19.8 Å². The van der Waals surface area contributed by atoms with Crippen molar-refractivity contribution in [3.8, 4) is 0 Å². The lowest BCUT2D eigenvalue weighted by Gasteiger charge is -2.16. The van der Waals surface area contributed by atoms with E-state index < -0.39 is 30.4 Å². The number of nitrogens with zero attached hydrogens (tertiary/aromatic N) is 4. The number of aliphatic hydroxyl groups excluding tert-OH is 2. The Balaban J connectivity index is 1.60. The van der Waals surface area contributed by atoms with E-state index in [2.05, 4.69) is 31.1 Å². The fraction of sp³-hybridized carbons (Fsp3) is 0.389. The van der Waals surface area contributed by atoms with Crippen molar-refractivity contribution < 1.29 is 24.5 Å². The van der Waals surface area contributed by atoms with Crippen LogP contribution >= 0.6 is 22.9 Å². The van der Waals surface area contributed by atoms with E-state index >= 15 is 0 Å². The fourth-order valence-corrected chi connectivity index (χ4v) is 4.31. The predicted octanol–water partition coefficient (Wildman–Crippen LogP) is 0.362. The van der Waals surface area contributed by atoms with Crippen molar-refractivity contribution in [1.82, 2.24) is 30.3 Å². The molecule has 3 aromatic heterocycles. The highest BCUT2D eigenvalue weighted by Crippen LogP contribution is 2.33. The van der Waals surface area contributed by atoms with Crippen molar-refractivity contribution in [2.45, 2.75) is 38.4 Å². The number of rotatable bonds is 6. The fourth-order valence-electron chi connectivity index (χ4n) is 3.32. The summed E-state index contributed by atoms with van der Waals surface area (Å²) in [4.78, 5) is 37.5. The van der Waals surface area contributed by atoms with E-state index in [0.29, 0.717) is 11.4 Å². The number of anilines is 1. The number of likely N-dealkylation sites (N-methyl/N-ethyl adjacent to an activating group) is 1. The number of thiophene rings is 1. The van der Waals surface area contributed by atoms with Crippen LogP contribution in [0.1, 0.15) is 28.4 Å². The molecule has 1 aliphatic heterocycles. The maximum Gasteiger partial charge on any atom is 0.279 e. The van der Waals surface area contributed by atoms with E-state index in [-0.39, 0.29) is 28.2 Å². The minimum absolute atomic E-state index is 0.120. The molecular formula is C18H20ClN7O5S. The van der Waals surface area contributed by atoms with Gasteiger partial charge in [0.15, 0.2) is 29.3 Å². The van der Waals surface area contributed by atoms with Gasteiger partial charge >= 0.3 is 0 Å². The quantitative estimate of drug-likeness (QED) is 0.247. The Hall–Kier alpha value is -2.84. The van der Waals surface area contributed by atoms with Crippen LogP contribution in [0.2, 0.25) is 5.28 Å². The first-order chi connectivity index (χ1) is 15.3. The summed E-state index contributed by atoms with van der Waals surface area (Å²) >= 11 is 7.35. The van der Waals surface area contributed by atoms with Gasteiger partial charge in [-0.2, -0.15) is 9.97 Å². The Morgan fingerprint density at radius 3 is 2.78 bits per heavy atom. The van der Waals surface area contributed by atoms with Crippen LogP contribution < -0.4 is 16.2 Å². The number of fused-ring (bicyclic) bond motifs is 1. The second-order valence-corrected chi connectivity index (χ2v) is 8.25. The van der Waals surface area contributed by atoms with Gasteiger partial charge in [-0.05, 0) is 42.5 Å². The van der Waals surface area contributed by atoms with E-state index in [4.69, 9.17) is 16.3 Å². The number of amides is 2. The summed E-state index contributed by atoms with van der Waals surface area (Å²) < 4.78 is 6.95. The van der Waals surface area contributed by atoms with Gasteiger partial charge in [-0.15, -0.1) is 11.3 Å². The number of halogens is 1. The summed E-state index contributed by atoms with van der Waals surface area (Å²) in [6, 6.07) is 1.83. The molecule has 170 valence electrons. The second-order valence-electron chi connectivity index (χ2n) is 7.00. The Bertz CT molecular complexity index is 1170. The highest BCUT2D eigenvalue weighted by molar-refractivity contribution is 7.12. The van der Waals surface area contributed by atoms with Crippen LogP contribution in [0.3, 0.4) is 0 Å². The van der Waals surface area contributed by atoms with Crippen LogP contribution in [0.15, 0.2) is 17.8 Å². The number of hydrazine groups is 1. The second kappa shape index (κ2) is 8.96. The third-order valence-corrected chi connectivity index (χ3v) is 6.06. The van der Waals surface area contributed by atoms with E-state index in [1.807, 2.05) is 13.0 Å². The van der Waals surface area contributed by atoms with E-state index in [1.54, 1.807) is 12.3 Å². The molecule has 5 N–H and O–H groups in total. The van der Waals surface area contributed by atoms with Crippen LogP contribution in [-0.2, 0) is 9.53 Å². The summed E-state index contributed by atoms with van der Waals surface area (Å²) in [7, 11) is 0. The van der Waals surface area contributed by atoms with Crippen LogP contribution in [0, 0.1) is 6.92 Å². The molecule has 0 bridgehead atoms. The number of carbonyl (C=O) groups excluding carboxylic acids is 2. The molecule has 12 nitrogen and oxygen atoms in total. The minimum Gasteiger partial charge on any atom is -0.387 e. The maximum absolute atomic E-state index is 12.4. The van der Waals surface area contributed by atoms with Crippen molar-refractivity contribution in [2.75, 3.05) is 12.0 Å². The Morgan fingerprint density at radius 1 is 1.31 bits per heavy atom. The molecule has 0 unspecified atom stereocenters. The van der Waals surface area contributed by atoms with Crippen molar-refractivity contribution in [1.29, 1.82) is 0 Å². The molecule has 14 heteroatoms. The number of aliphatic hydroxyl groups is 2. The Morgan fingerprint density at radius 2 is 2.09 bits per heavy atom. The molecule has 2 amide bonds. The highest BCUT2D eigenvalue weighted by Gasteiger charge is 2.47. The van der Waals surface area contributed by atoms with Crippen LogP contribution in [-0.4, -0.2) is 66.4 Å². The first-order valence-corrected chi connectivity index (χ1v) is 10.9. The van der Waals surface area contributed by atoms with Gasteiger partial charge in [-0.25, -0.2) is 4.98 Å². The SMILES string of the molecule is CCNC(=O)[C@H]1O[C@@H](n2cnc3c(NNC(=O)c4sccc4C)nc(Cl)nc32)[C@H](O)[C@@H]1O. The zero-order chi connectivity index (χ0) is 23.0. The molecule has 4 heterocycles. The lowest BCUT2D eigenvalue weighted by molar-refractivity contribution is -0.137. The van der Waals surface area contributed by atoms with Gasteiger partial charge in [0.2, 0.25) is 5.28 Å². The smallest absolute Gasteiger partial charge is 0.279 e. The summed E-state index contributed by atoms with van der Waals surface area (Å²) in [5, 5.41) is 24.9. The summed E-state index contributed by atoms with van der Waals surface area (Å²) in [6.45, 7) is 3.89.